The van der Waals surface area contributed by atoms with Crippen LogP contribution in [0.3, 0.4) is 0 Å². The summed E-state index contributed by atoms with van der Waals surface area (Å²) in [5.41, 5.74) is 0. The Kier molecular flexibility index (Phi) is 11.2. The van der Waals surface area contributed by atoms with Gasteiger partial charge in [0.2, 0.25) is 0 Å². The number of aromatic hydroxyl groups is 2. The van der Waals surface area contributed by atoms with Gasteiger partial charge in [-0.1, -0.05) is 0 Å². The van der Waals surface area contributed by atoms with Crippen molar-refractivity contribution in [2.75, 3.05) is 0 Å². The van der Waals surface area contributed by atoms with Gasteiger partial charge in [-0.15, -0.1) is 0 Å². The molecule has 0 fully saturated rings. The summed E-state index contributed by atoms with van der Waals surface area (Å²) in [6.07, 6.45) is 0. The smallest absolute Gasteiger partial charge is 0.807 e. The second kappa shape index (κ2) is 8.51. The summed E-state index contributed by atoms with van der Waals surface area (Å²) in [4.78, 5) is 38.7. The number of benzene rings is 1. The normalized spacial score (nSPS) is 10.7. The maximum absolute atomic E-state index is 10.8. The van der Waals surface area contributed by atoms with Gasteiger partial charge in [0, 0.05) is 5.30 Å². The molecule has 0 spiro atoms. The molecule has 1 rings (SSSR count). The molecule has 0 saturated carbocycles. The number of hydrogen-bond acceptors (Lipinski definition) is 6. The number of hydrogen-bond donors (Lipinski definition) is 4. The molecule has 9 nitrogen and oxygen atoms in total. The molecule has 1 aromatic rings. The van der Waals surface area contributed by atoms with Crippen LogP contribution in [0.4, 0.5) is 0 Å². The molecule has 6 N–H and O–H groups in total. The van der Waals surface area contributed by atoms with Crippen molar-refractivity contribution in [3.05, 3.63) is 12.1 Å². The molecule has 0 aliphatic carbocycles. The molecule has 0 aromatic heterocycles. The number of phenols is 2. The molecule has 0 aliphatic rings. The van der Waals surface area contributed by atoms with E-state index in [9.17, 15) is 18.9 Å². The fourth-order valence-corrected chi connectivity index (χ4v) is 2.33. The summed E-state index contributed by atoms with van der Waals surface area (Å²) < 4.78 is 21.4. The van der Waals surface area contributed by atoms with Gasteiger partial charge >= 0.3 is 66.7 Å². The zero-order valence-corrected chi connectivity index (χ0v) is 15.8. The van der Waals surface area contributed by atoms with E-state index in [4.69, 9.17) is 20.0 Å². The largest absolute Gasteiger partial charge is 1.00 e. The minimum Gasteiger partial charge on any atom is -0.807 e. The van der Waals surface area contributed by atoms with Gasteiger partial charge in [0.25, 0.3) is 0 Å². The molecule has 0 atom stereocenters. The van der Waals surface area contributed by atoms with Crippen LogP contribution >= 0.6 is 15.2 Å². The Balaban J connectivity index is -0.000000853. The third kappa shape index (κ3) is 6.58. The van der Waals surface area contributed by atoms with E-state index in [-0.39, 0.29) is 64.6 Å². The van der Waals surface area contributed by atoms with Crippen LogP contribution in [0, 0.1) is 0 Å². The summed E-state index contributed by atoms with van der Waals surface area (Å²) in [6.45, 7) is 0. The third-order valence-electron chi connectivity index (χ3n) is 1.69. The zero-order valence-electron chi connectivity index (χ0n) is 9.97. The monoisotopic (exact) mass is 332 g/mol. The molecular weight excluding hydrogens is 324 g/mol. The second-order valence-corrected chi connectivity index (χ2v) is 5.96. The second-order valence-electron chi connectivity index (χ2n) is 2.87. The van der Waals surface area contributed by atoms with E-state index >= 15 is 0 Å². The van der Waals surface area contributed by atoms with Gasteiger partial charge < -0.3 is 39.8 Å². The molecule has 0 heterocycles. The Hall–Kier alpha value is 1.08. The fraction of sp³-hybridized carbons (Fsp3) is 0. The molecule has 0 amide bonds. The van der Waals surface area contributed by atoms with Gasteiger partial charge in [-0.2, -0.15) is 0 Å². The average Bonchev–Trinajstić information content (AvgIpc) is 2.05. The van der Waals surface area contributed by atoms with Crippen molar-refractivity contribution < 1.29 is 104 Å². The molecule has 13 heteroatoms. The van der Waals surface area contributed by atoms with Gasteiger partial charge in [0.15, 0.2) is 11.5 Å². The van der Waals surface area contributed by atoms with Crippen LogP contribution in [0.15, 0.2) is 12.1 Å². The Morgan fingerprint density at radius 2 is 1.42 bits per heavy atom. The van der Waals surface area contributed by atoms with Gasteiger partial charge in [-0.05, 0) is 19.7 Å². The number of phenolic OH excluding ortho intramolecular Hbond substituents is 2. The summed E-state index contributed by atoms with van der Waals surface area (Å²) in [7, 11) is -10.3. The maximum atomic E-state index is 10.8. The van der Waals surface area contributed by atoms with Crippen molar-refractivity contribution in [1.29, 1.82) is 0 Å². The minimum absolute atomic E-state index is 0. The first-order chi connectivity index (χ1) is 7.03. The van der Waals surface area contributed by atoms with Crippen molar-refractivity contribution in [3.8, 4) is 11.5 Å². The van der Waals surface area contributed by atoms with Crippen molar-refractivity contribution in [2.24, 2.45) is 0 Å². The molecule has 19 heavy (non-hydrogen) atoms. The Bertz CT molecular complexity index is 522. The van der Waals surface area contributed by atoms with Crippen LogP contribution in [0.25, 0.3) is 0 Å². The molecule has 0 bridgehead atoms. The van der Waals surface area contributed by atoms with Crippen LogP contribution in [-0.2, 0) is 9.13 Å². The minimum atomic E-state index is -5.43. The SMILES string of the molecule is O.O=P([O-])([O-])c1cc(P(=O)(O)O)cc(O)c1O.[Na+].[Na+]. The van der Waals surface area contributed by atoms with Crippen LogP contribution < -0.4 is 79.5 Å². The van der Waals surface area contributed by atoms with Gasteiger partial charge in [0.05, 0.1) is 5.30 Å². The van der Waals surface area contributed by atoms with Gasteiger partial charge in [-0.25, -0.2) is 0 Å². The Morgan fingerprint density at radius 3 is 1.74 bits per heavy atom. The standard InChI is InChI=1S/C6H8O8P2.2Na.H2O/c7-4-1-3(15(9,10)11)2-5(6(4)8)16(12,13)14;;;/h1-2,7-8H,(H2,9,10,11)(H2,12,13,14);;;1H2/q;2*+1;/p-2. The molecule has 1 aromatic carbocycles. The zero-order chi connectivity index (χ0) is 12.7. The Labute approximate surface area is 151 Å². The van der Waals surface area contributed by atoms with E-state index < -0.39 is 37.3 Å². The van der Waals surface area contributed by atoms with Gasteiger partial charge in [0.1, 0.15) is 0 Å². The van der Waals surface area contributed by atoms with E-state index in [2.05, 4.69) is 0 Å². The Morgan fingerprint density at radius 1 is 1.00 bits per heavy atom. The topological polar surface area (TPSA) is 193 Å². The van der Waals surface area contributed by atoms with Crippen LogP contribution in [-0.4, -0.2) is 25.5 Å². The molecule has 98 valence electrons. The molecular formula is C6H8Na2O9P2. The van der Waals surface area contributed by atoms with Gasteiger partial charge in [-0.3, -0.25) is 4.57 Å². The van der Waals surface area contributed by atoms with E-state index in [0.29, 0.717) is 12.1 Å². The summed E-state index contributed by atoms with van der Waals surface area (Å²) >= 11 is 0. The summed E-state index contributed by atoms with van der Waals surface area (Å²) in [5.74, 6) is -2.33. The van der Waals surface area contributed by atoms with E-state index in [1.54, 1.807) is 0 Å². The average molecular weight is 332 g/mol. The predicted octanol–water partition coefficient (Wildman–Crippen LogP) is -9.38. The molecule has 0 radical (unpaired) electrons. The van der Waals surface area contributed by atoms with Crippen LogP contribution in [0.2, 0.25) is 0 Å². The first-order valence-electron chi connectivity index (χ1n) is 3.68. The first-order valence-corrected chi connectivity index (χ1v) is 6.83. The summed E-state index contributed by atoms with van der Waals surface area (Å²) in [6, 6.07) is 0.811. The molecule has 0 aliphatic heterocycles. The molecule has 0 unspecified atom stereocenters. The number of rotatable bonds is 2. The van der Waals surface area contributed by atoms with Crippen molar-refractivity contribution in [2.45, 2.75) is 0 Å². The third-order valence-corrected chi connectivity index (χ3v) is 3.55. The first kappa shape index (κ1) is 25.1. The fourth-order valence-electron chi connectivity index (χ4n) is 0.967. The van der Waals surface area contributed by atoms with Crippen molar-refractivity contribution in [3.63, 3.8) is 0 Å². The van der Waals surface area contributed by atoms with E-state index in [1.807, 2.05) is 0 Å². The predicted molar refractivity (Wildman–Crippen MR) is 52.3 cm³/mol. The van der Waals surface area contributed by atoms with Crippen LogP contribution in [0.1, 0.15) is 0 Å². The maximum Gasteiger partial charge on any atom is 1.00 e. The molecule has 0 saturated heterocycles. The van der Waals surface area contributed by atoms with Crippen molar-refractivity contribution >= 4 is 25.8 Å². The summed E-state index contributed by atoms with van der Waals surface area (Å²) in [5, 5.41) is 15.9. The van der Waals surface area contributed by atoms with E-state index in [0.717, 1.165) is 0 Å². The van der Waals surface area contributed by atoms with Crippen LogP contribution in [0.5, 0.6) is 11.5 Å². The quantitative estimate of drug-likeness (QED) is 0.233. The van der Waals surface area contributed by atoms with E-state index in [1.165, 1.54) is 0 Å². The van der Waals surface area contributed by atoms with Crippen molar-refractivity contribution in [1.82, 2.24) is 0 Å².